The maximum absolute atomic E-state index is 11.5. The summed E-state index contributed by atoms with van der Waals surface area (Å²) in [5, 5.41) is 20.8. The molecule has 1 amide bonds. The van der Waals surface area contributed by atoms with Crippen molar-refractivity contribution in [3.8, 4) is 0 Å². The summed E-state index contributed by atoms with van der Waals surface area (Å²) >= 11 is 0. The molecule has 20 heavy (non-hydrogen) atoms. The van der Waals surface area contributed by atoms with Crippen molar-refractivity contribution >= 4 is 12.1 Å². The van der Waals surface area contributed by atoms with E-state index in [4.69, 9.17) is 9.84 Å². The molecule has 1 aliphatic heterocycles. The molecule has 108 valence electrons. The number of aliphatic hydroxyl groups excluding tert-OH is 2. The number of hydrogen-bond acceptors (Lipinski definition) is 6. The van der Waals surface area contributed by atoms with Crippen LogP contribution in [-0.4, -0.2) is 47.1 Å². The lowest BCUT2D eigenvalue weighted by Crippen LogP contribution is -2.46. The fourth-order valence-corrected chi connectivity index (χ4v) is 1.83. The van der Waals surface area contributed by atoms with Gasteiger partial charge < -0.3 is 25.0 Å². The van der Waals surface area contributed by atoms with Crippen molar-refractivity contribution < 1.29 is 29.3 Å². The molecule has 0 unspecified atom stereocenters. The molecule has 1 saturated heterocycles. The van der Waals surface area contributed by atoms with E-state index in [-0.39, 0.29) is 6.61 Å². The van der Waals surface area contributed by atoms with Gasteiger partial charge in [0.05, 0.1) is 6.61 Å². The Morgan fingerprint density at radius 1 is 1.35 bits per heavy atom. The average Bonchev–Trinajstić information content (AvgIpc) is 2.73. The van der Waals surface area contributed by atoms with Gasteiger partial charge in [0.2, 0.25) is 0 Å². The van der Waals surface area contributed by atoms with Crippen LogP contribution in [0.2, 0.25) is 0 Å². The van der Waals surface area contributed by atoms with E-state index in [0.29, 0.717) is 0 Å². The first-order valence-corrected chi connectivity index (χ1v) is 6.08. The Labute approximate surface area is 115 Å². The maximum atomic E-state index is 11.5. The smallest absolute Gasteiger partial charge is 0.408 e. The number of amides is 1. The average molecular weight is 281 g/mol. The van der Waals surface area contributed by atoms with E-state index >= 15 is 0 Å². The van der Waals surface area contributed by atoms with E-state index in [1.54, 1.807) is 24.3 Å². The fourth-order valence-electron chi connectivity index (χ4n) is 1.83. The third kappa shape index (κ3) is 3.25. The number of benzene rings is 1. The second-order valence-electron chi connectivity index (χ2n) is 4.33. The molecule has 1 aromatic carbocycles. The molecule has 0 bridgehead atoms. The quantitative estimate of drug-likeness (QED) is 0.646. The van der Waals surface area contributed by atoms with Crippen molar-refractivity contribution in [1.82, 2.24) is 5.32 Å². The summed E-state index contributed by atoms with van der Waals surface area (Å²) < 4.78 is 9.61. The van der Waals surface area contributed by atoms with Crippen LogP contribution in [0.4, 0.5) is 4.79 Å². The van der Waals surface area contributed by atoms with Crippen LogP contribution in [0.1, 0.15) is 5.56 Å². The van der Waals surface area contributed by atoms with E-state index in [0.717, 1.165) is 5.56 Å². The number of cyclic esters (lactones) is 1. The summed E-state index contributed by atoms with van der Waals surface area (Å²) in [7, 11) is 0. The van der Waals surface area contributed by atoms with Gasteiger partial charge in [0.25, 0.3) is 0 Å². The highest BCUT2D eigenvalue weighted by molar-refractivity contribution is 5.84. The minimum absolute atomic E-state index is 0.0496. The molecule has 0 spiro atoms. The Kier molecular flexibility index (Phi) is 4.54. The Morgan fingerprint density at radius 2 is 2.05 bits per heavy atom. The number of esters is 1. The summed E-state index contributed by atoms with van der Waals surface area (Å²) in [5.41, 5.74) is 0.797. The van der Waals surface area contributed by atoms with Gasteiger partial charge in [-0.1, -0.05) is 30.3 Å². The molecule has 1 fully saturated rings. The highest BCUT2D eigenvalue weighted by Gasteiger charge is 2.44. The second-order valence-corrected chi connectivity index (χ2v) is 4.33. The van der Waals surface area contributed by atoms with E-state index < -0.39 is 36.9 Å². The predicted molar refractivity (Wildman–Crippen MR) is 66.5 cm³/mol. The lowest BCUT2D eigenvalue weighted by molar-refractivity contribution is -0.144. The highest BCUT2D eigenvalue weighted by Crippen LogP contribution is 2.15. The number of hydrogen-bond donors (Lipinski definition) is 3. The molecule has 7 heteroatoms. The Balaban J connectivity index is 1.84. The first kappa shape index (κ1) is 14.3. The fraction of sp³-hybridized carbons (Fsp3) is 0.385. The number of aliphatic hydroxyl groups is 2. The first-order valence-electron chi connectivity index (χ1n) is 6.08. The van der Waals surface area contributed by atoms with Crippen molar-refractivity contribution in [2.45, 2.75) is 24.9 Å². The van der Waals surface area contributed by atoms with Crippen LogP contribution in [0.3, 0.4) is 0 Å². The van der Waals surface area contributed by atoms with Gasteiger partial charge in [0, 0.05) is 0 Å². The largest absolute Gasteiger partial charge is 0.455 e. The predicted octanol–water partition coefficient (Wildman–Crippen LogP) is -0.440. The molecule has 0 saturated carbocycles. The van der Waals surface area contributed by atoms with Crippen LogP contribution in [-0.2, 0) is 20.9 Å². The number of ether oxygens (including phenoxy) is 2. The van der Waals surface area contributed by atoms with Crippen molar-refractivity contribution in [2.75, 3.05) is 6.61 Å². The van der Waals surface area contributed by atoms with Crippen LogP contribution >= 0.6 is 0 Å². The maximum Gasteiger partial charge on any atom is 0.408 e. The Bertz CT molecular complexity index is 477. The Morgan fingerprint density at radius 3 is 2.65 bits per heavy atom. The molecule has 0 radical (unpaired) electrons. The number of carbonyl (C=O) groups is 2. The van der Waals surface area contributed by atoms with Crippen LogP contribution in [0.15, 0.2) is 30.3 Å². The monoisotopic (exact) mass is 281 g/mol. The molecule has 1 aliphatic rings. The van der Waals surface area contributed by atoms with E-state index in [1.165, 1.54) is 0 Å². The van der Waals surface area contributed by atoms with Gasteiger partial charge in [-0.2, -0.15) is 0 Å². The molecular formula is C13H15NO6. The third-order valence-electron chi connectivity index (χ3n) is 2.91. The molecule has 1 aromatic rings. The topological polar surface area (TPSA) is 105 Å². The summed E-state index contributed by atoms with van der Waals surface area (Å²) in [6.07, 6.45) is -3.16. The molecule has 0 aliphatic carbocycles. The van der Waals surface area contributed by atoms with Gasteiger partial charge in [-0.05, 0) is 5.56 Å². The summed E-state index contributed by atoms with van der Waals surface area (Å²) in [4.78, 5) is 22.9. The third-order valence-corrected chi connectivity index (χ3v) is 2.91. The SMILES string of the molecule is O=C(N[C@H]1C(=O)O[C@H](CO)[C@H]1O)OCc1ccccc1. The summed E-state index contributed by atoms with van der Waals surface area (Å²) in [6.45, 7) is -0.460. The van der Waals surface area contributed by atoms with Gasteiger partial charge in [-0.25, -0.2) is 9.59 Å². The van der Waals surface area contributed by atoms with Crippen LogP contribution in [0.5, 0.6) is 0 Å². The van der Waals surface area contributed by atoms with Gasteiger partial charge in [0.1, 0.15) is 12.7 Å². The lowest BCUT2D eigenvalue weighted by atomic mass is 10.1. The molecule has 1 heterocycles. The molecular weight excluding hydrogens is 266 g/mol. The van der Waals surface area contributed by atoms with Gasteiger partial charge in [-0.15, -0.1) is 0 Å². The summed E-state index contributed by atoms with van der Waals surface area (Å²) in [6, 6.07) is 7.79. The molecule has 0 aromatic heterocycles. The highest BCUT2D eigenvalue weighted by atomic mass is 16.6. The van der Waals surface area contributed by atoms with Gasteiger partial charge >= 0.3 is 12.1 Å². The first-order chi connectivity index (χ1) is 9.61. The molecule has 3 atom stereocenters. The van der Waals surface area contributed by atoms with Crippen molar-refractivity contribution in [2.24, 2.45) is 0 Å². The van der Waals surface area contributed by atoms with E-state index in [9.17, 15) is 14.7 Å². The van der Waals surface area contributed by atoms with Crippen molar-refractivity contribution in [3.05, 3.63) is 35.9 Å². The number of carbonyl (C=O) groups excluding carboxylic acids is 2. The normalized spacial score (nSPS) is 25.1. The van der Waals surface area contributed by atoms with Gasteiger partial charge in [0.15, 0.2) is 12.1 Å². The standard InChI is InChI=1S/C13H15NO6/c15-6-9-11(16)10(12(17)20-9)14-13(18)19-7-8-4-2-1-3-5-8/h1-5,9-11,15-16H,6-7H2,(H,14,18)/t9-,10-,11-/m1/s1. The number of nitrogens with one attached hydrogen (secondary N) is 1. The minimum Gasteiger partial charge on any atom is -0.455 e. The Hall–Kier alpha value is -2.12. The zero-order valence-electron chi connectivity index (χ0n) is 10.6. The molecule has 7 nitrogen and oxygen atoms in total. The van der Waals surface area contributed by atoms with E-state index in [2.05, 4.69) is 10.1 Å². The number of rotatable bonds is 4. The van der Waals surface area contributed by atoms with Crippen LogP contribution in [0.25, 0.3) is 0 Å². The van der Waals surface area contributed by atoms with Crippen molar-refractivity contribution in [1.29, 1.82) is 0 Å². The van der Waals surface area contributed by atoms with Gasteiger partial charge in [-0.3, -0.25) is 0 Å². The van der Waals surface area contributed by atoms with E-state index in [1.807, 2.05) is 6.07 Å². The zero-order chi connectivity index (χ0) is 14.5. The lowest BCUT2D eigenvalue weighted by Gasteiger charge is -2.14. The summed E-state index contributed by atoms with van der Waals surface area (Å²) in [5.74, 6) is -0.798. The zero-order valence-corrected chi connectivity index (χ0v) is 10.6. The minimum atomic E-state index is -1.29. The number of alkyl carbamates (subject to hydrolysis) is 1. The van der Waals surface area contributed by atoms with Crippen LogP contribution < -0.4 is 5.32 Å². The second kappa shape index (κ2) is 6.36. The molecule has 2 rings (SSSR count). The van der Waals surface area contributed by atoms with Crippen molar-refractivity contribution in [3.63, 3.8) is 0 Å². The molecule has 3 N–H and O–H groups in total. The van der Waals surface area contributed by atoms with Crippen LogP contribution in [0, 0.1) is 0 Å².